The van der Waals surface area contributed by atoms with E-state index >= 15 is 0 Å². The number of hydrogen-bond donors (Lipinski definition) is 1. The predicted octanol–water partition coefficient (Wildman–Crippen LogP) is 2.66. The maximum atomic E-state index is 11.7. The molecule has 0 aliphatic heterocycles. The largest absolute Gasteiger partial charge is 0.460 e. The summed E-state index contributed by atoms with van der Waals surface area (Å²) in [5.74, 6) is 0.353. The molecule has 0 aliphatic rings. The standard InChI is InChI=1S/C15H22N4O2/c1-14(2,3)21-13(20)6-7-15(4,5)19-12-10-17-11(8-16)9-18-12/h9-10H,6-7H2,1-5H3,(H,18,19). The Balaban J connectivity index is 2.53. The van der Waals surface area contributed by atoms with Crippen LogP contribution >= 0.6 is 0 Å². The van der Waals surface area contributed by atoms with Gasteiger partial charge in [-0.2, -0.15) is 5.26 Å². The van der Waals surface area contributed by atoms with Gasteiger partial charge < -0.3 is 10.1 Å². The number of esters is 1. The van der Waals surface area contributed by atoms with Gasteiger partial charge in [0.15, 0.2) is 5.69 Å². The molecule has 0 atom stereocenters. The Morgan fingerprint density at radius 2 is 1.95 bits per heavy atom. The highest BCUT2D eigenvalue weighted by Gasteiger charge is 2.22. The SMILES string of the molecule is CC(C)(CCC(=O)OC(C)(C)C)Nc1cnc(C#N)cn1. The predicted molar refractivity (Wildman–Crippen MR) is 79.5 cm³/mol. The third kappa shape index (κ3) is 6.70. The molecule has 0 amide bonds. The summed E-state index contributed by atoms with van der Waals surface area (Å²) in [6, 6.07) is 1.92. The average Bonchev–Trinajstić information content (AvgIpc) is 2.35. The van der Waals surface area contributed by atoms with Crippen LogP contribution in [0.5, 0.6) is 0 Å². The maximum absolute atomic E-state index is 11.7. The van der Waals surface area contributed by atoms with Crippen LogP contribution in [0.15, 0.2) is 12.4 Å². The minimum atomic E-state index is -0.465. The molecule has 0 aliphatic carbocycles. The fourth-order valence-corrected chi connectivity index (χ4v) is 1.67. The Hall–Kier alpha value is -2.16. The Morgan fingerprint density at radius 3 is 2.43 bits per heavy atom. The number of hydrogen-bond acceptors (Lipinski definition) is 6. The van der Waals surface area contributed by atoms with Crippen LogP contribution in [-0.4, -0.2) is 27.1 Å². The molecule has 1 aromatic rings. The summed E-state index contributed by atoms with van der Waals surface area (Å²) in [4.78, 5) is 19.8. The Bertz CT molecular complexity index is 524. The van der Waals surface area contributed by atoms with Gasteiger partial charge in [0.25, 0.3) is 0 Å². The molecule has 0 unspecified atom stereocenters. The summed E-state index contributed by atoms with van der Waals surface area (Å²) in [5, 5.41) is 11.9. The molecule has 21 heavy (non-hydrogen) atoms. The number of carbonyl (C=O) groups is 1. The van der Waals surface area contributed by atoms with Gasteiger partial charge in [0.05, 0.1) is 12.4 Å². The molecule has 1 aromatic heterocycles. The fraction of sp³-hybridized carbons (Fsp3) is 0.600. The molecule has 6 heteroatoms. The van der Waals surface area contributed by atoms with Gasteiger partial charge in [-0.3, -0.25) is 4.79 Å². The lowest BCUT2D eigenvalue weighted by atomic mass is 9.98. The van der Waals surface area contributed by atoms with Gasteiger partial charge in [-0.05, 0) is 41.0 Å². The molecule has 114 valence electrons. The van der Waals surface area contributed by atoms with Crippen LogP contribution < -0.4 is 5.32 Å². The molecule has 0 saturated carbocycles. The highest BCUT2D eigenvalue weighted by atomic mass is 16.6. The van der Waals surface area contributed by atoms with Crippen molar-refractivity contribution in [2.75, 3.05) is 5.32 Å². The zero-order valence-electron chi connectivity index (χ0n) is 13.2. The molecule has 6 nitrogen and oxygen atoms in total. The monoisotopic (exact) mass is 290 g/mol. The Labute approximate surface area is 125 Å². The molecule has 0 aromatic carbocycles. The molecule has 1 rings (SSSR count). The number of nitriles is 1. The van der Waals surface area contributed by atoms with E-state index < -0.39 is 5.60 Å². The molecule has 0 saturated heterocycles. The number of anilines is 1. The summed E-state index contributed by atoms with van der Waals surface area (Å²) < 4.78 is 5.28. The molecular weight excluding hydrogens is 268 g/mol. The summed E-state index contributed by atoms with van der Waals surface area (Å²) in [5.41, 5.74) is -0.528. The van der Waals surface area contributed by atoms with Crippen molar-refractivity contribution in [2.24, 2.45) is 0 Å². The number of rotatable bonds is 5. The maximum Gasteiger partial charge on any atom is 0.306 e. The summed E-state index contributed by atoms with van der Waals surface area (Å²) in [7, 11) is 0. The number of carbonyl (C=O) groups excluding carboxylic acids is 1. The molecule has 0 fully saturated rings. The van der Waals surface area contributed by atoms with E-state index in [9.17, 15) is 4.79 Å². The number of nitrogens with one attached hydrogen (secondary N) is 1. The molecule has 0 radical (unpaired) electrons. The third-order valence-corrected chi connectivity index (χ3v) is 2.61. The van der Waals surface area contributed by atoms with E-state index in [0.717, 1.165) is 0 Å². The van der Waals surface area contributed by atoms with Crippen molar-refractivity contribution in [1.29, 1.82) is 5.26 Å². The van der Waals surface area contributed by atoms with Crippen molar-refractivity contribution in [3.05, 3.63) is 18.1 Å². The highest BCUT2D eigenvalue weighted by molar-refractivity contribution is 5.70. The van der Waals surface area contributed by atoms with E-state index in [1.165, 1.54) is 12.4 Å². The van der Waals surface area contributed by atoms with Gasteiger partial charge in [0.2, 0.25) is 0 Å². The second-order valence-electron chi connectivity index (χ2n) is 6.49. The lowest BCUT2D eigenvalue weighted by Crippen LogP contribution is -2.33. The van der Waals surface area contributed by atoms with Crippen LogP contribution in [0.3, 0.4) is 0 Å². The van der Waals surface area contributed by atoms with E-state index in [1.54, 1.807) is 0 Å². The van der Waals surface area contributed by atoms with Crippen molar-refractivity contribution in [1.82, 2.24) is 9.97 Å². The normalized spacial score (nSPS) is 11.6. The molecule has 1 N–H and O–H groups in total. The van der Waals surface area contributed by atoms with E-state index in [4.69, 9.17) is 10.00 Å². The van der Waals surface area contributed by atoms with Crippen molar-refractivity contribution in [3.63, 3.8) is 0 Å². The third-order valence-electron chi connectivity index (χ3n) is 2.61. The summed E-state index contributed by atoms with van der Waals surface area (Å²) >= 11 is 0. The zero-order chi connectivity index (χ0) is 16.1. The van der Waals surface area contributed by atoms with Gasteiger partial charge in [-0.15, -0.1) is 0 Å². The Kier molecular flexibility index (Phi) is 5.25. The van der Waals surface area contributed by atoms with Crippen LogP contribution in [0, 0.1) is 11.3 Å². The van der Waals surface area contributed by atoms with Gasteiger partial charge in [0.1, 0.15) is 17.5 Å². The number of nitrogens with zero attached hydrogens (tertiary/aromatic N) is 3. The van der Waals surface area contributed by atoms with E-state index in [0.29, 0.717) is 18.7 Å². The minimum Gasteiger partial charge on any atom is -0.460 e. The zero-order valence-corrected chi connectivity index (χ0v) is 13.2. The van der Waals surface area contributed by atoms with Gasteiger partial charge in [-0.1, -0.05) is 0 Å². The minimum absolute atomic E-state index is 0.219. The van der Waals surface area contributed by atoms with Crippen molar-refractivity contribution >= 4 is 11.8 Å². The van der Waals surface area contributed by atoms with Gasteiger partial charge in [0, 0.05) is 12.0 Å². The fourth-order valence-electron chi connectivity index (χ4n) is 1.67. The smallest absolute Gasteiger partial charge is 0.306 e. The van der Waals surface area contributed by atoms with E-state index in [1.807, 2.05) is 40.7 Å². The van der Waals surface area contributed by atoms with Crippen molar-refractivity contribution < 1.29 is 9.53 Å². The molecule has 1 heterocycles. The van der Waals surface area contributed by atoms with Crippen LogP contribution in [0.25, 0.3) is 0 Å². The lowest BCUT2D eigenvalue weighted by Gasteiger charge is -2.27. The quantitative estimate of drug-likeness (QED) is 0.839. The van der Waals surface area contributed by atoms with Crippen LogP contribution in [0.4, 0.5) is 5.82 Å². The molecule has 0 bridgehead atoms. The molecule has 0 spiro atoms. The van der Waals surface area contributed by atoms with Gasteiger partial charge >= 0.3 is 5.97 Å². The topological polar surface area (TPSA) is 87.9 Å². The van der Waals surface area contributed by atoms with E-state index in [-0.39, 0.29) is 17.2 Å². The van der Waals surface area contributed by atoms with Gasteiger partial charge in [-0.25, -0.2) is 9.97 Å². The highest BCUT2D eigenvalue weighted by Crippen LogP contribution is 2.19. The summed E-state index contributed by atoms with van der Waals surface area (Å²) in [6.07, 6.45) is 3.84. The van der Waals surface area contributed by atoms with Crippen LogP contribution in [0.2, 0.25) is 0 Å². The van der Waals surface area contributed by atoms with E-state index in [2.05, 4.69) is 15.3 Å². The number of aromatic nitrogens is 2. The van der Waals surface area contributed by atoms with Crippen LogP contribution in [0.1, 0.15) is 53.2 Å². The first-order valence-electron chi connectivity index (χ1n) is 6.83. The first-order chi connectivity index (χ1) is 9.61. The van der Waals surface area contributed by atoms with Crippen molar-refractivity contribution in [2.45, 2.75) is 58.6 Å². The lowest BCUT2D eigenvalue weighted by molar-refractivity contribution is -0.155. The van der Waals surface area contributed by atoms with Crippen molar-refractivity contribution in [3.8, 4) is 6.07 Å². The second-order valence-corrected chi connectivity index (χ2v) is 6.49. The Morgan fingerprint density at radius 1 is 1.29 bits per heavy atom. The average molecular weight is 290 g/mol. The first kappa shape index (κ1) is 16.9. The second kappa shape index (κ2) is 6.53. The molecular formula is C15H22N4O2. The number of ether oxygens (including phenoxy) is 1. The first-order valence-corrected chi connectivity index (χ1v) is 6.83. The van der Waals surface area contributed by atoms with Crippen LogP contribution in [-0.2, 0) is 9.53 Å². The summed E-state index contributed by atoms with van der Waals surface area (Å²) in [6.45, 7) is 9.48.